The number of aryl methyl sites for hydroxylation is 1. The summed E-state index contributed by atoms with van der Waals surface area (Å²) < 4.78 is 6.30. The van der Waals surface area contributed by atoms with Crippen LogP contribution < -0.4 is 16.0 Å². The number of carbonyl (C=O) groups is 1. The number of methoxy groups -OCH3 is 1. The quantitative estimate of drug-likeness (QED) is 0.475. The highest BCUT2D eigenvalue weighted by molar-refractivity contribution is 7.21. The van der Waals surface area contributed by atoms with Crippen LogP contribution in [0.15, 0.2) is 18.2 Å². The first kappa shape index (κ1) is 10.9. The molecule has 1 heterocycles. The lowest BCUT2D eigenvalue weighted by molar-refractivity contribution is 0.0957. The highest BCUT2D eigenvalue weighted by atomic mass is 32.1. The summed E-state index contributed by atoms with van der Waals surface area (Å²) in [5.74, 6) is 5.66. The highest BCUT2D eigenvalue weighted by Crippen LogP contribution is 2.36. The molecule has 0 aliphatic heterocycles. The topological polar surface area (TPSA) is 64.3 Å². The van der Waals surface area contributed by atoms with Gasteiger partial charge in [0.05, 0.1) is 12.0 Å². The number of carbonyl (C=O) groups excluding carboxylic acids is 1. The second-order valence-corrected chi connectivity index (χ2v) is 4.42. The Bertz CT molecular complexity index is 548. The number of rotatable bonds is 2. The number of fused-ring (bicyclic) bond motifs is 1. The average molecular weight is 236 g/mol. The van der Waals surface area contributed by atoms with Crippen molar-refractivity contribution < 1.29 is 9.53 Å². The Kier molecular flexibility index (Phi) is 2.80. The number of nitrogen functional groups attached to an aromatic ring is 1. The lowest BCUT2D eigenvalue weighted by atomic mass is 10.1. The largest absolute Gasteiger partial charge is 0.496 e. The van der Waals surface area contributed by atoms with E-state index in [1.165, 1.54) is 11.3 Å². The van der Waals surface area contributed by atoms with Crippen LogP contribution in [0.25, 0.3) is 10.1 Å². The van der Waals surface area contributed by atoms with E-state index in [0.717, 1.165) is 21.4 Å². The summed E-state index contributed by atoms with van der Waals surface area (Å²) in [6, 6.07) is 5.75. The SMILES string of the molecule is COc1cccc2sc(C(=O)NN)c(C)c12. The molecule has 5 heteroatoms. The van der Waals surface area contributed by atoms with Gasteiger partial charge in [-0.15, -0.1) is 11.3 Å². The van der Waals surface area contributed by atoms with E-state index in [4.69, 9.17) is 10.6 Å². The van der Waals surface area contributed by atoms with Gasteiger partial charge in [0, 0.05) is 10.1 Å². The number of nitrogens with two attached hydrogens (primary N) is 1. The predicted octanol–water partition coefficient (Wildman–Crippen LogP) is 1.82. The maximum atomic E-state index is 11.5. The number of ether oxygens (including phenoxy) is 1. The van der Waals surface area contributed by atoms with Crippen LogP contribution >= 0.6 is 11.3 Å². The Hall–Kier alpha value is -1.59. The maximum Gasteiger partial charge on any atom is 0.275 e. The lowest BCUT2D eigenvalue weighted by Gasteiger charge is -2.02. The van der Waals surface area contributed by atoms with Gasteiger partial charge in [-0.2, -0.15) is 0 Å². The Morgan fingerprint density at radius 2 is 2.25 bits per heavy atom. The summed E-state index contributed by atoms with van der Waals surface area (Å²) in [6.07, 6.45) is 0. The summed E-state index contributed by atoms with van der Waals surface area (Å²) in [6.45, 7) is 1.89. The zero-order valence-electron chi connectivity index (χ0n) is 9.03. The van der Waals surface area contributed by atoms with Gasteiger partial charge in [0.25, 0.3) is 5.91 Å². The minimum absolute atomic E-state index is 0.263. The number of hydrazine groups is 1. The molecular formula is C11H12N2O2S. The van der Waals surface area contributed by atoms with Crippen molar-refractivity contribution >= 4 is 27.3 Å². The van der Waals surface area contributed by atoms with E-state index in [1.807, 2.05) is 25.1 Å². The molecule has 0 atom stereocenters. The lowest BCUT2D eigenvalue weighted by Crippen LogP contribution is -2.29. The van der Waals surface area contributed by atoms with E-state index in [9.17, 15) is 4.79 Å². The normalized spacial score (nSPS) is 10.4. The molecule has 0 saturated heterocycles. The summed E-state index contributed by atoms with van der Waals surface area (Å²) >= 11 is 1.41. The number of benzene rings is 1. The average Bonchev–Trinajstić information content (AvgIpc) is 2.66. The monoisotopic (exact) mass is 236 g/mol. The molecule has 0 unspecified atom stereocenters. The van der Waals surface area contributed by atoms with Crippen molar-refractivity contribution in [2.45, 2.75) is 6.92 Å². The molecule has 0 aliphatic rings. The third-order valence-electron chi connectivity index (χ3n) is 2.47. The Labute approximate surface area is 97.0 Å². The van der Waals surface area contributed by atoms with Crippen molar-refractivity contribution in [3.63, 3.8) is 0 Å². The first-order chi connectivity index (χ1) is 7.69. The number of thiophene rings is 1. The van der Waals surface area contributed by atoms with Gasteiger partial charge in [-0.1, -0.05) is 6.07 Å². The minimum atomic E-state index is -0.263. The zero-order valence-corrected chi connectivity index (χ0v) is 9.85. The smallest absolute Gasteiger partial charge is 0.275 e. The van der Waals surface area contributed by atoms with Gasteiger partial charge in [-0.05, 0) is 24.6 Å². The third kappa shape index (κ3) is 1.54. The molecule has 0 aliphatic carbocycles. The van der Waals surface area contributed by atoms with Gasteiger partial charge in [0.2, 0.25) is 0 Å². The number of amides is 1. The van der Waals surface area contributed by atoms with Crippen molar-refractivity contribution in [3.8, 4) is 5.75 Å². The molecule has 0 bridgehead atoms. The molecule has 1 aromatic heterocycles. The van der Waals surface area contributed by atoms with E-state index >= 15 is 0 Å². The number of hydrogen-bond acceptors (Lipinski definition) is 4. The first-order valence-corrected chi connectivity index (χ1v) is 5.57. The molecule has 1 aromatic carbocycles. The van der Waals surface area contributed by atoms with E-state index in [-0.39, 0.29) is 5.91 Å². The van der Waals surface area contributed by atoms with E-state index in [1.54, 1.807) is 7.11 Å². The molecule has 84 valence electrons. The van der Waals surface area contributed by atoms with Gasteiger partial charge in [-0.3, -0.25) is 10.2 Å². The Morgan fingerprint density at radius 3 is 2.88 bits per heavy atom. The first-order valence-electron chi connectivity index (χ1n) is 4.76. The van der Waals surface area contributed by atoms with Crippen molar-refractivity contribution in [2.75, 3.05) is 7.11 Å². The van der Waals surface area contributed by atoms with Gasteiger partial charge in [0.1, 0.15) is 5.75 Å². The van der Waals surface area contributed by atoms with Crippen LogP contribution in [0.5, 0.6) is 5.75 Å². The van der Waals surface area contributed by atoms with Crippen LogP contribution in [0.2, 0.25) is 0 Å². The zero-order chi connectivity index (χ0) is 11.7. The maximum absolute atomic E-state index is 11.5. The van der Waals surface area contributed by atoms with Crippen LogP contribution in [0, 0.1) is 6.92 Å². The van der Waals surface area contributed by atoms with Gasteiger partial charge >= 0.3 is 0 Å². The van der Waals surface area contributed by atoms with Crippen molar-refractivity contribution in [3.05, 3.63) is 28.6 Å². The van der Waals surface area contributed by atoms with Gasteiger partial charge in [0.15, 0.2) is 0 Å². The number of nitrogens with one attached hydrogen (secondary N) is 1. The van der Waals surface area contributed by atoms with Crippen LogP contribution in [0.3, 0.4) is 0 Å². The molecule has 1 amide bonds. The standard InChI is InChI=1S/C11H12N2O2S/c1-6-9-7(15-2)4-3-5-8(9)16-10(6)11(14)13-12/h3-5H,12H2,1-2H3,(H,13,14). The predicted molar refractivity (Wildman–Crippen MR) is 64.8 cm³/mol. The van der Waals surface area contributed by atoms with E-state index < -0.39 is 0 Å². The van der Waals surface area contributed by atoms with E-state index in [0.29, 0.717) is 4.88 Å². The molecule has 2 rings (SSSR count). The van der Waals surface area contributed by atoms with Gasteiger partial charge < -0.3 is 4.74 Å². The van der Waals surface area contributed by atoms with E-state index in [2.05, 4.69) is 5.43 Å². The molecule has 0 spiro atoms. The minimum Gasteiger partial charge on any atom is -0.496 e. The molecule has 0 fully saturated rings. The van der Waals surface area contributed by atoms with Gasteiger partial charge in [-0.25, -0.2) is 5.84 Å². The molecule has 0 radical (unpaired) electrons. The second kappa shape index (κ2) is 4.11. The van der Waals surface area contributed by atoms with Crippen LogP contribution in [0.4, 0.5) is 0 Å². The molecule has 0 saturated carbocycles. The van der Waals surface area contributed by atoms with Crippen molar-refractivity contribution in [2.24, 2.45) is 5.84 Å². The molecule has 2 aromatic rings. The fourth-order valence-electron chi connectivity index (χ4n) is 1.72. The molecule has 3 N–H and O–H groups in total. The summed E-state index contributed by atoms with van der Waals surface area (Å²) in [7, 11) is 1.62. The molecular weight excluding hydrogens is 224 g/mol. The summed E-state index contributed by atoms with van der Waals surface area (Å²) in [5.41, 5.74) is 3.05. The molecule has 16 heavy (non-hydrogen) atoms. The third-order valence-corrected chi connectivity index (χ3v) is 3.73. The van der Waals surface area contributed by atoms with Crippen LogP contribution in [-0.4, -0.2) is 13.0 Å². The van der Waals surface area contributed by atoms with Crippen LogP contribution in [0.1, 0.15) is 15.2 Å². The van der Waals surface area contributed by atoms with Crippen molar-refractivity contribution in [1.82, 2.24) is 5.43 Å². The fourth-order valence-corrected chi connectivity index (χ4v) is 2.85. The Balaban J connectivity index is 2.73. The number of hydrogen-bond donors (Lipinski definition) is 2. The molecule has 4 nitrogen and oxygen atoms in total. The second-order valence-electron chi connectivity index (χ2n) is 3.36. The highest BCUT2D eigenvalue weighted by Gasteiger charge is 2.16. The summed E-state index contributed by atoms with van der Waals surface area (Å²) in [4.78, 5) is 12.2. The summed E-state index contributed by atoms with van der Waals surface area (Å²) in [5, 5.41) is 0.980. The van der Waals surface area contributed by atoms with Crippen LogP contribution in [-0.2, 0) is 0 Å². The fraction of sp³-hybridized carbons (Fsp3) is 0.182. The van der Waals surface area contributed by atoms with Crippen molar-refractivity contribution in [1.29, 1.82) is 0 Å². The Morgan fingerprint density at radius 1 is 1.50 bits per heavy atom.